The Morgan fingerprint density at radius 2 is 1.71 bits per heavy atom. The lowest BCUT2D eigenvalue weighted by Crippen LogP contribution is -3.00. The lowest BCUT2D eigenvalue weighted by atomic mass is 9.60. The maximum absolute atomic E-state index is 12.1. The van der Waals surface area contributed by atoms with Crippen LogP contribution in [0.1, 0.15) is 83.6 Å². The van der Waals surface area contributed by atoms with Crippen LogP contribution in [0.3, 0.4) is 0 Å². The Bertz CT molecular complexity index is 897. The lowest BCUT2D eigenvalue weighted by molar-refractivity contribution is -1.04. The van der Waals surface area contributed by atoms with E-state index in [1.165, 1.54) is 62.6 Å². The molecule has 190 valence electrons. The molecule has 1 spiro atoms. The average Bonchev–Trinajstić information content (AvgIpc) is 3.21. The molecule has 6 aliphatic rings. The molecule has 7 rings (SSSR count). The van der Waals surface area contributed by atoms with Crippen LogP contribution in [0, 0.1) is 17.8 Å². The number of aliphatic hydroxyl groups is 2. The van der Waals surface area contributed by atoms with Crippen molar-refractivity contribution in [2.24, 2.45) is 17.8 Å². The molecule has 5 bridgehead atoms. The third-order valence-electron chi connectivity index (χ3n) is 11.3. The molecule has 5 heterocycles. The predicted molar refractivity (Wildman–Crippen MR) is 133 cm³/mol. The third kappa shape index (κ3) is 2.93. The summed E-state index contributed by atoms with van der Waals surface area (Å²) in [6.07, 6.45) is 12.0. The number of hydrogen-bond acceptors (Lipinski definition) is 3. The van der Waals surface area contributed by atoms with Crippen LogP contribution in [0.25, 0.3) is 0 Å². The van der Waals surface area contributed by atoms with Gasteiger partial charge >= 0.3 is 0 Å². The number of anilines is 1. The fourth-order valence-corrected chi connectivity index (χ4v) is 10.2. The van der Waals surface area contributed by atoms with Crippen molar-refractivity contribution in [3.63, 3.8) is 0 Å². The van der Waals surface area contributed by atoms with Gasteiger partial charge in [0.05, 0.1) is 30.1 Å². The molecule has 3 unspecified atom stereocenters. The third-order valence-corrected chi connectivity index (χ3v) is 11.3. The second-order valence-corrected chi connectivity index (χ2v) is 12.2. The molecule has 4 saturated heterocycles. The molecule has 5 fully saturated rings. The highest BCUT2D eigenvalue weighted by Crippen LogP contribution is 2.71. The van der Waals surface area contributed by atoms with E-state index >= 15 is 0 Å². The molecule has 2 N–H and O–H groups in total. The molecule has 1 saturated carbocycles. The highest BCUT2D eigenvalue weighted by atomic mass is 79.9. The Morgan fingerprint density at radius 1 is 1.00 bits per heavy atom. The minimum Gasteiger partial charge on any atom is -1.00 e. The normalized spacial score (nSPS) is 44.8. The number of fused-ring (bicyclic) bond motifs is 2. The van der Waals surface area contributed by atoms with Gasteiger partial charge in [-0.05, 0) is 36.8 Å². The van der Waals surface area contributed by atoms with Crippen molar-refractivity contribution in [3.05, 3.63) is 29.8 Å². The number of halogens is 1. The Morgan fingerprint density at radius 3 is 2.44 bits per heavy atom. The number of hydrogen-bond donors (Lipinski definition) is 2. The van der Waals surface area contributed by atoms with Crippen LogP contribution in [0.2, 0.25) is 0 Å². The molecule has 0 aromatic heterocycles. The minimum atomic E-state index is -0.274. The Hall–Kier alpha value is -0.620. The molecule has 0 amide bonds. The summed E-state index contributed by atoms with van der Waals surface area (Å²) < 4.78 is 0.899. The van der Waals surface area contributed by atoms with Crippen molar-refractivity contribution < 1.29 is 31.7 Å². The maximum Gasteiger partial charge on any atom is 0.194 e. The van der Waals surface area contributed by atoms with E-state index in [0.717, 1.165) is 23.9 Å². The van der Waals surface area contributed by atoms with Gasteiger partial charge in [0.25, 0.3) is 0 Å². The molecule has 0 radical (unpaired) electrons. The van der Waals surface area contributed by atoms with Gasteiger partial charge in [0.15, 0.2) is 6.23 Å². The van der Waals surface area contributed by atoms with E-state index in [2.05, 4.69) is 50.1 Å². The number of quaternary nitrogens is 1. The topological polar surface area (TPSA) is 43.7 Å². The number of rotatable bonds is 9. The zero-order chi connectivity index (χ0) is 23.0. The first-order chi connectivity index (χ1) is 16.0. The summed E-state index contributed by atoms with van der Waals surface area (Å²) in [5.41, 5.74) is 2.58. The second-order valence-electron chi connectivity index (χ2n) is 12.2. The van der Waals surface area contributed by atoms with Crippen LogP contribution in [0.4, 0.5) is 5.69 Å². The van der Waals surface area contributed by atoms with Crippen LogP contribution in [0.15, 0.2) is 24.3 Å². The van der Waals surface area contributed by atoms with Crippen LogP contribution in [-0.2, 0) is 5.41 Å². The second kappa shape index (κ2) is 9.04. The fourth-order valence-electron chi connectivity index (χ4n) is 10.2. The van der Waals surface area contributed by atoms with E-state index in [9.17, 15) is 10.2 Å². The van der Waals surface area contributed by atoms with Gasteiger partial charge in [0.1, 0.15) is 6.04 Å². The van der Waals surface area contributed by atoms with Crippen molar-refractivity contribution in [1.29, 1.82) is 0 Å². The maximum atomic E-state index is 12.1. The van der Waals surface area contributed by atoms with E-state index in [4.69, 9.17) is 0 Å². The van der Waals surface area contributed by atoms with Crippen LogP contribution in [-0.4, -0.2) is 58.7 Å². The lowest BCUT2D eigenvalue weighted by Gasteiger charge is -2.68. The van der Waals surface area contributed by atoms with E-state index in [1.54, 1.807) is 0 Å². The minimum absolute atomic E-state index is 0. The van der Waals surface area contributed by atoms with Crippen molar-refractivity contribution in [2.45, 2.75) is 114 Å². The van der Waals surface area contributed by atoms with Crippen LogP contribution in [0.5, 0.6) is 0 Å². The molecule has 5 aliphatic heterocycles. The number of unbranched alkanes of at least 4 members (excludes halogenated alkanes) is 6. The molecule has 1 aromatic rings. The highest BCUT2D eigenvalue weighted by Gasteiger charge is 2.82. The monoisotopic (exact) mass is 532 g/mol. The standard InChI is InChI=1S/C29H45N2O2.BrH/c1-4-6-7-8-9-10-13-16-31-23-17-20(19(5-2)28(31)33)25-24(31)18-29(27(25)32)21-14-11-12-15-22(21)30(3)26(23)29;/h11-12,14-15,19-20,23-28,32-33H,4-10,13,16-18H2,1-3H3;1H/q+1;/p-1/t19-,20+,23?,24-,25?,26-,27-,28+,29+,31?;/m0./s1. The summed E-state index contributed by atoms with van der Waals surface area (Å²) >= 11 is 0. The largest absolute Gasteiger partial charge is 1.00 e. The van der Waals surface area contributed by atoms with Gasteiger partial charge in [-0.3, -0.25) is 4.48 Å². The molecule has 34 heavy (non-hydrogen) atoms. The molecule has 5 heteroatoms. The molecular formula is C29H45BrN2O2. The SMILES string of the molecule is CCCCCCCCC[N+]12C3C[C@@H](C4[C@H](O)[C@]5(C[C@@H]41)c1ccccc1N(C)[C@@H]35)[C@H](CC)[C@H]2O.[Br-]. The summed E-state index contributed by atoms with van der Waals surface area (Å²) in [5.74, 6) is 1.18. The van der Waals surface area contributed by atoms with Crippen molar-refractivity contribution in [3.8, 4) is 0 Å². The van der Waals surface area contributed by atoms with Gasteiger partial charge in [-0.15, -0.1) is 0 Å². The van der Waals surface area contributed by atoms with E-state index in [-0.39, 0.29) is 34.7 Å². The van der Waals surface area contributed by atoms with Gasteiger partial charge in [-0.25, -0.2) is 0 Å². The summed E-state index contributed by atoms with van der Waals surface area (Å²) in [7, 11) is 2.26. The van der Waals surface area contributed by atoms with Gasteiger partial charge in [-0.1, -0.05) is 64.2 Å². The number of benzene rings is 1. The van der Waals surface area contributed by atoms with Crippen molar-refractivity contribution in [2.75, 3.05) is 18.5 Å². The van der Waals surface area contributed by atoms with Gasteiger partial charge in [0, 0.05) is 37.4 Å². The fraction of sp³-hybridized carbons (Fsp3) is 0.793. The number of para-hydroxylation sites is 1. The molecule has 10 atom stereocenters. The zero-order valence-electron chi connectivity index (χ0n) is 21.4. The first-order valence-electron chi connectivity index (χ1n) is 14.1. The summed E-state index contributed by atoms with van der Waals surface area (Å²) in [5, 5.41) is 24.1. The zero-order valence-corrected chi connectivity index (χ0v) is 23.0. The van der Waals surface area contributed by atoms with E-state index in [1.807, 2.05) is 0 Å². The summed E-state index contributed by atoms with van der Waals surface area (Å²) in [6.45, 7) is 5.65. The number of aliphatic hydroxyl groups excluding tert-OH is 2. The first kappa shape index (κ1) is 25.0. The Balaban J connectivity index is 0.00000241. The molecule has 1 aromatic carbocycles. The smallest absolute Gasteiger partial charge is 0.194 e. The molecular weight excluding hydrogens is 488 g/mol. The first-order valence-corrected chi connectivity index (χ1v) is 14.1. The summed E-state index contributed by atoms with van der Waals surface area (Å²) in [4.78, 5) is 2.51. The average molecular weight is 534 g/mol. The number of piperidine rings is 4. The van der Waals surface area contributed by atoms with Crippen LogP contribution < -0.4 is 21.9 Å². The van der Waals surface area contributed by atoms with Crippen molar-refractivity contribution >= 4 is 5.69 Å². The predicted octanol–water partition coefficient (Wildman–Crippen LogP) is 1.82. The molecule has 1 aliphatic carbocycles. The summed E-state index contributed by atoms with van der Waals surface area (Å²) in [6, 6.07) is 10.1. The van der Waals surface area contributed by atoms with Gasteiger partial charge in [-0.2, -0.15) is 0 Å². The quantitative estimate of drug-likeness (QED) is 0.376. The van der Waals surface area contributed by atoms with E-state index < -0.39 is 0 Å². The number of nitrogens with zero attached hydrogens (tertiary/aromatic N) is 2. The Kier molecular flexibility index (Phi) is 6.66. The van der Waals surface area contributed by atoms with Gasteiger partial charge in [0.2, 0.25) is 0 Å². The van der Waals surface area contributed by atoms with E-state index in [0.29, 0.717) is 35.9 Å². The van der Waals surface area contributed by atoms with Crippen LogP contribution >= 0.6 is 0 Å². The Labute approximate surface area is 217 Å². The number of likely N-dealkylation sites (N-methyl/N-ethyl adjacent to an activating group) is 1. The van der Waals surface area contributed by atoms with Gasteiger partial charge < -0.3 is 32.1 Å². The molecule has 4 nitrogen and oxygen atoms in total. The highest BCUT2D eigenvalue weighted by molar-refractivity contribution is 5.66. The van der Waals surface area contributed by atoms with Crippen molar-refractivity contribution in [1.82, 2.24) is 0 Å².